The van der Waals surface area contributed by atoms with Crippen LogP contribution in [0.25, 0.3) is 0 Å². The van der Waals surface area contributed by atoms with Crippen LogP contribution in [0, 0.1) is 5.92 Å². The number of nitrogens with two attached hydrogens (primary N) is 1. The second-order valence-electron chi connectivity index (χ2n) is 6.75. The van der Waals surface area contributed by atoms with Crippen molar-refractivity contribution in [2.45, 2.75) is 45.2 Å². The molecule has 1 aromatic rings. The number of anilines is 1. The summed E-state index contributed by atoms with van der Waals surface area (Å²) in [5, 5.41) is 3.09. The Labute approximate surface area is 126 Å². The topological polar surface area (TPSA) is 63.3 Å². The largest absolute Gasteiger partial charge is 0.397 e. The summed E-state index contributed by atoms with van der Waals surface area (Å²) < 4.78 is 2.04. The normalized spacial score (nSPS) is 22.9. The molecule has 2 fully saturated rings. The fourth-order valence-electron chi connectivity index (χ4n) is 3.16. The Morgan fingerprint density at radius 1 is 1.43 bits per heavy atom. The number of aromatic nitrogens is 1. The van der Waals surface area contributed by atoms with Crippen LogP contribution in [-0.2, 0) is 0 Å². The number of nitrogen functional groups attached to an aromatic ring is 1. The van der Waals surface area contributed by atoms with E-state index in [1.807, 2.05) is 10.8 Å². The minimum atomic E-state index is 0.0154. The van der Waals surface area contributed by atoms with Crippen LogP contribution >= 0.6 is 0 Å². The minimum Gasteiger partial charge on any atom is -0.397 e. The maximum atomic E-state index is 12.4. The average Bonchev–Trinajstić information content (AvgIpc) is 3.04. The van der Waals surface area contributed by atoms with Gasteiger partial charge < -0.3 is 20.5 Å². The van der Waals surface area contributed by atoms with Crippen molar-refractivity contribution in [3.63, 3.8) is 0 Å². The van der Waals surface area contributed by atoms with Crippen LogP contribution in [0.1, 0.15) is 49.6 Å². The summed E-state index contributed by atoms with van der Waals surface area (Å²) in [7, 11) is 0. The molecule has 5 nitrogen and oxygen atoms in total. The zero-order valence-electron chi connectivity index (χ0n) is 13.0. The molecule has 1 aliphatic carbocycles. The van der Waals surface area contributed by atoms with Crippen LogP contribution < -0.4 is 11.1 Å². The van der Waals surface area contributed by atoms with Crippen molar-refractivity contribution in [3.05, 3.63) is 18.0 Å². The summed E-state index contributed by atoms with van der Waals surface area (Å²) in [5.41, 5.74) is 7.24. The molecular formula is C16H26N4O. The van der Waals surface area contributed by atoms with Gasteiger partial charge in [-0.1, -0.05) is 0 Å². The molecule has 3 rings (SSSR count). The van der Waals surface area contributed by atoms with E-state index in [-0.39, 0.29) is 5.91 Å². The molecule has 5 heteroatoms. The molecule has 2 aliphatic rings. The molecule has 0 aromatic carbocycles. The Balaban J connectivity index is 1.55. The van der Waals surface area contributed by atoms with E-state index in [1.54, 1.807) is 6.07 Å². The van der Waals surface area contributed by atoms with E-state index < -0.39 is 0 Å². The molecule has 1 aliphatic heterocycles. The van der Waals surface area contributed by atoms with Gasteiger partial charge in [-0.05, 0) is 51.6 Å². The smallest absolute Gasteiger partial charge is 0.268 e. The van der Waals surface area contributed by atoms with Gasteiger partial charge in [0.15, 0.2) is 0 Å². The first kappa shape index (κ1) is 14.4. The van der Waals surface area contributed by atoms with E-state index >= 15 is 0 Å². The first-order valence-corrected chi connectivity index (χ1v) is 8.04. The number of likely N-dealkylation sites (tertiary alicyclic amines) is 1. The summed E-state index contributed by atoms with van der Waals surface area (Å²) in [4.78, 5) is 14.9. The maximum Gasteiger partial charge on any atom is 0.268 e. The Kier molecular flexibility index (Phi) is 3.93. The third-order valence-electron chi connectivity index (χ3n) is 4.64. The minimum absolute atomic E-state index is 0.0154. The molecular weight excluding hydrogens is 264 g/mol. The lowest BCUT2D eigenvalue weighted by Gasteiger charge is -2.20. The molecule has 21 heavy (non-hydrogen) atoms. The van der Waals surface area contributed by atoms with Gasteiger partial charge in [0.1, 0.15) is 5.69 Å². The number of amides is 1. The molecule has 2 heterocycles. The number of nitrogens with zero attached hydrogens (tertiary/aromatic N) is 2. The number of nitrogens with one attached hydrogen (secondary N) is 1. The number of carbonyl (C=O) groups is 1. The second-order valence-corrected chi connectivity index (χ2v) is 6.75. The predicted octanol–water partition coefficient (Wildman–Crippen LogP) is 1.87. The predicted molar refractivity (Wildman–Crippen MR) is 84.3 cm³/mol. The highest BCUT2D eigenvalue weighted by molar-refractivity contribution is 5.93. The van der Waals surface area contributed by atoms with Crippen LogP contribution in [0.4, 0.5) is 5.69 Å². The monoisotopic (exact) mass is 290 g/mol. The van der Waals surface area contributed by atoms with Gasteiger partial charge in [-0.15, -0.1) is 0 Å². The molecule has 1 saturated heterocycles. The Hall–Kier alpha value is -1.49. The number of hydrogen-bond donors (Lipinski definition) is 2. The Bertz CT molecular complexity index is 518. The van der Waals surface area contributed by atoms with Crippen LogP contribution in [-0.4, -0.2) is 41.1 Å². The highest BCUT2D eigenvalue weighted by Crippen LogP contribution is 2.37. The van der Waals surface area contributed by atoms with Gasteiger partial charge in [0.05, 0.1) is 5.69 Å². The molecule has 0 radical (unpaired) electrons. The van der Waals surface area contributed by atoms with Crippen molar-refractivity contribution in [3.8, 4) is 0 Å². The standard InChI is InChI=1S/C16H26N4O/c1-11(2)19-6-5-12(9-19)8-18-16(21)15-7-13(17)10-20(15)14-3-4-14/h7,10-12,14H,3-6,8-9,17H2,1-2H3,(H,18,21). The SMILES string of the molecule is CC(C)N1CCC(CNC(=O)c2cc(N)cn2C2CC2)C1. The van der Waals surface area contributed by atoms with Crippen molar-refractivity contribution < 1.29 is 4.79 Å². The van der Waals surface area contributed by atoms with E-state index in [2.05, 4.69) is 24.1 Å². The fraction of sp³-hybridized carbons (Fsp3) is 0.688. The second kappa shape index (κ2) is 5.72. The molecule has 116 valence electrons. The molecule has 0 bridgehead atoms. The summed E-state index contributed by atoms with van der Waals surface area (Å²) in [6.07, 6.45) is 5.37. The maximum absolute atomic E-state index is 12.4. The highest BCUT2D eigenvalue weighted by Gasteiger charge is 2.29. The van der Waals surface area contributed by atoms with E-state index in [4.69, 9.17) is 5.73 Å². The van der Waals surface area contributed by atoms with Gasteiger partial charge in [-0.25, -0.2) is 0 Å². The molecule has 0 spiro atoms. The van der Waals surface area contributed by atoms with Crippen molar-refractivity contribution in [1.82, 2.24) is 14.8 Å². The van der Waals surface area contributed by atoms with E-state index in [1.165, 1.54) is 6.42 Å². The number of carbonyl (C=O) groups excluding carboxylic acids is 1. The molecule has 1 atom stereocenters. The van der Waals surface area contributed by atoms with Crippen LogP contribution in [0.2, 0.25) is 0 Å². The summed E-state index contributed by atoms with van der Waals surface area (Å²) in [5.74, 6) is 0.583. The van der Waals surface area contributed by atoms with Gasteiger partial charge in [-0.2, -0.15) is 0 Å². The first-order chi connectivity index (χ1) is 10.0. The zero-order valence-corrected chi connectivity index (χ0v) is 13.0. The summed E-state index contributed by atoms with van der Waals surface area (Å²) in [6, 6.07) is 2.87. The molecule has 1 amide bonds. The van der Waals surface area contributed by atoms with Crippen molar-refractivity contribution in [2.75, 3.05) is 25.4 Å². The quantitative estimate of drug-likeness (QED) is 0.870. The van der Waals surface area contributed by atoms with Gasteiger partial charge in [-0.3, -0.25) is 4.79 Å². The molecule has 1 unspecified atom stereocenters. The number of rotatable bonds is 5. The highest BCUT2D eigenvalue weighted by atomic mass is 16.1. The van der Waals surface area contributed by atoms with E-state index in [0.29, 0.717) is 29.4 Å². The third-order valence-corrected chi connectivity index (χ3v) is 4.64. The lowest BCUT2D eigenvalue weighted by molar-refractivity contribution is 0.0937. The van der Waals surface area contributed by atoms with E-state index in [0.717, 1.165) is 32.5 Å². The van der Waals surface area contributed by atoms with Gasteiger partial charge in [0.2, 0.25) is 0 Å². The Morgan fingerprint density at radius 2 is 2.19 bits per heavy atom. The molecule has 1 aromatic heterocycles. The van der Waals surface area contributed by atoms with Crippen LogP contribution in [0.15, 0.2) is 12.3 Å². The van der Waals surface area contributed by atoms with Crippen LogP contribution in [0.3, 0.4) is 0 Å². The Morgan fingerprint density at radius 3 is 2.81 bits per heavy atom. The summed E-state index contributed by atoms with van der Waals surface area (Å²) >= 11 is 0. The summed E-state index contributed by atoms with van der Waals surface area (Å²) in [6.45, 7) is 7.45. The third kappa shape index (κ3) is 3.23. The van der Waals surface area contributed by atoms with Crippen molar-refractivity contribution in [1.29, 1.82) is 0 Å². The average molecular weight is 290 g/mol. The zero-order chi connectivity index (χ0) is 15.0. The van der Waals surface area contributed by atoms with Crippen molar-refractivity contribution >= 4 is 11.6 Å². The fourth-order valence-corrected chi connectivity index (χ4v) is 3.16. The van der Waals surface area contributed by atoms with E-state index in [9.17, 15) is 4.79 Å². The molecule has 3 N–H and O–H groups in total. The van der Waals surface area contributed by atoms with Gasteiger partial charge in [0, 0.05) is 31.4 Å². The number of hydrogen-bond acceptors (Lipinski definition) is 3. The first-order valence-electron chi connectivity index (χ1n) is 8.04. The molecule has 1 saturated carbocycles. The lowest BCUT2D eigenvalue weighted by Crippen LogP contribution is -2.33. The van der Waals surface area contributed by atoms with Gasteiger partial charge >= 0.3 is 0 Å². The van der Waals surface area contributed by atoms with Crippen LogP contribution in [0.5, 0.6) is 0 Å². The lowest BCUT2D eigenvalue weighted by atomic mass is 10.1. The van der Waals surface area contributed by atoms with Crippen molar-refractivity contribution in [2.24, 2.45) is 5.92 Å². The van der Waals surface area contributed by atoms with Gasteiger partial charge in [0.25, 0.3) is 5.91 Å².